The molecule has 0 heterocycles. The summed E-state index contributed by atoms with van der Waals surface area (Å²) < 4.78 is 12.9. The van der Waals surface area contributed by atoms with Gasteiger partial charge in [-0.3, -0.25) is 0 Å². The van der Waals surface area contributed by atoms with Crippen LogP contribution in [0.15, 0.2) is 54.6 Å². The molecule has 2 aromatic carbocycles. The molecule has 3 atom stereocenters. The molecule has 3 unspecified atom stereocenters. The quantitative estimate of drug-likeness (QED) is 0.774. The normalized spacial score (nSPS) is 15.1. The number of nitrogens with one attached hydrogen (secondary N) is 1. The van der Waals surface area contributed by atoms with Gasteiger partial charge >= 0.3 is 0 Å². The highest BCUT2D eigenvalue weighted by molar-refractivity contribution is 5.20. The Morgan fingerprint density at radius 1 is 1.00 bits per heavy atom. The van der Waals surface area contributed by atoms with Gasteiger partial charge in [0.25, 0.3) is 0 Å². The number of aliphatic hydroxyl groups is 1. The maximum absolute atomic E-state index is 12.9. The van der Waals surface area contributed by atoms with Crippen molar-refractivity contribution in [3.63, 3.8) is 0 Å². The molecule has 0 saturated heterocycles. The van der Waals surface area contributed by atoms with E-state index in [1.54, 1.807) is 0 Å². The van der Waals surface area contributed by atoms with E-state index in [-0.39, 0.29) is 17.8 Å². The van der Waals surface area contributed by atoms with Crippen molar-refractivity contribution in [1.82, 2.24) is 5.32 Å². The van der Waals surface area contributed by atoms with Gasteiger partial charge in [-0.1, -0.05) is 42.5 Å². The van der Waals surface area contributed by atoms with Crippen molar-refractivity contribution in [1.29, 1.82) is 0 Å². The van der Waals surface area contributed by atoms with Gasteiger partial charge in [0.15, 0.2) is 0 Å². The fourth-order valence-electron chi connectivity index (χ4n) is 2.86. The van der Waals surface area contributed by atoms with E-state index in [1.165, 1.54) is 17.7 Å². The van der Waals surface area contributed by atoms with Gasteiger partial charge in [0, 0.05) is 12.6 Å². The number of benzene rings is 2. The molecule has 0 radical (unpaired) electrons. The third-order valence-corrected chi connectivity index (χ3v) is 4.06. The molecule has 0 aromatic heterocycles. The summed E-state index contributed by atoms with van der Waals surface area (Å²) >= 11 is 0. The molecule has 0 aliphatic rings. The first kappa shape index (κ1) is 17.6. The van der Waals surface area contributed by atoms with Gasteiger partial charge in [-0.15, -0.1) is 0 Å². The summed E-state index contributed by atoms with van der Waals surface area (Å²) in [5, 5.41) is 13.3. The van der Waals surface area contributed by atoms with Gasteiger partial charge in [0.1, 0.15) is 5.82 Å². The molecule has 2 rings (SSSR count). The first-order valence-corrected chi connectivity index (χ1v) is 8.25. The summed E-state index contributed by atoms with van der Waals surface area (Å²) in [5.74, 6) is 0.0855. The monoisotopic (exact) mass is 315 g/mol. The van der Waals surface area contributed by atoms with Crippen LogP contribution in [0.4, 0.5) is 4.39 Å². The molecule has 0 aliphatic carbocycles. The SMILES string of the molecule is CC(O)CC(CNC(C)Cc1ccc(F)cc1)c1ccccc1. The van der Waals surface area contributed by atoms with Gasteiger partial charge in [-0.05, 0) is 55.9 Å². The summed E-state index contributed by atoms with van der Waals surface area (Å²) in [6.45, 7) is 4.78. The zero-order chi connectivity index (χ0) is 16.7. The molecular weight excluding hydrogens is 289 g/mol. The Balaban J connectivity index is 1.91. The van der Waals surface area contributed by atoms with Crippen LogP contribution in [0.2, 0.25) is 0 Å². The first-order valence-electron chi connectivity index (χ1n) is 8.25. The van der Waals surface area contributed by atoms with Gasteiger partial charge < -0.3 is 10.4 Å². The number of aliphatic hydroxyl groups excluding tert-OH is 1. The van der Waals surface area contributed by atoms with Gasteiger partial charge in [0.2, 0.25) is 0 Å². The average molecular weight is 315 g/mol. The molecule has 0 aliphatic heterocycles. The number of halogens is 1. The lowest BCUT2D eigenvalue weighted by Crippen LogP contribution is -2.33. The van der Waals surface area contributed by atoms with E-state index in [2.05, 4.69) is 24.4 Å². The minimum absolute atomic E-state index is 0.199. The molecule has 0 spiro atoms. The van der Waals surface area contributed by atoms with Crippen LogP contribution in [0.3, 0.4) is 0 Å². The van der Waals surface area contributed by atoms with E-state index < -0.39 is 0 Å². The Kier molecular flexibility index (Phi) is 6.75. The van der Waals surface area contributed by atoms with Crippen molar-refractivity contribution >= 4 is 0 Å². The van der Waals surface area contributed by atoms with Crippen molar-refractivity contribution in [2.24, 2.45) is 0 Å². The zero-order valence-electron chi connectivity index (χ0n) is 13.9. The third kappa shape index (κ3) is 6.12. The van der Waals surface area contributed by atoms with E-state index in [0.29, 0.717) is 6.04 Å². The Morgan fingerprint density at radius 2 is 1.65 bits per heavy atom. The fourth-order valence-corrected chi connectivity index (χ4v) is 2.86. The van der Waals surface area contributed by atoms with Crippen molar-refractivity contribution < 1.29 is 9.50 Å². The standard InChI is InChI=1S/C20H26FNO/c1-15(12-17-8-10-20(21)11-9-17)22-14-19(13-16(2)23)18-6-4-3-5-7-18/h3-11,15-16,19,22-23H,12-14H2,1-2H3. The maximum Gasteiger partial charge on any atom is 0.123 e. The molecule has 124 valence electrons. The van der Waals surface area contributed by atoms with E-state index >= 15 is 0 Å². The lowest BCUT2D eigenvalue weighted by atomic mass is 9.93. The Hall–Kier alpha value is -1.71. The van der Waals surface area contributed by atoms with E-state index in [4.69, 9.17) is 0 Å². The second-order valence-electron chi connectivity index (χ2n) is 6.33. The van der Waals surface area contributed by atoms with Gasteiger partial charge in [0.05, 0.1) is 6.10 Å². The predicted octanol–water partition coefficient (Wildman–Crippen LogP) is 3.90. The van der Waals surface area contributed by atoms with Gasteiger partial charge in [-0.2, -0.15) is 0 Å². The van der Waals surface area contributed by atoms with Crippen LogP contribution in [0, 0.1) is 5.82 Å². The highest BCUT2D eigenvalue weighted by Gasteiger charge is 2.15. The minimum atomic E-state index is -0.325. The van der Waals surface area contributed by atoms with Gasteiger partial charge in [-0.25, -0.2) is 4.39 Å². The topological polar surface area (TPSA) is 32.3 Å². The second kappa shape index (κ2) is 8.80. The zero-order valence-corrected chi connectivity index (χ0v) is 13.9. The van der Waals surface area contributed by atoms with Crippen LogP contribution in [-0.4, -0.2) is 23.8 Å². The highest BCUT2D eigenvalue weighted by atomic mass is 19.1. The van der Waals surface area contributed by atoms with Crippen molar-refractivity contribution in [3.8, 4) is 0 Å². The Labute approximate surface area is 138 Å². The van der Waals surface area contributed by atoms with E-state index in [9.17, 15) is 9.50 Å². The lowest BCUT2D eigenvalue weighted by molar-refractivity contribution is 0.173. The summed E-state index contributed by atoms with van der Waals surface area (Å²) in [6.07, 6.45) is 1.27. The Bertz CT molecular complexity index is 568. The van der Waals surface area contributed by atoms with Crippen LogP contribution >= 0.6 is 0 Å². The molecule has 2 aromatic rings. The molecule has 3 heteroatoms. The number of hydrogen-bond donors (Lipinski definition) is 2. The van der Waals surface area contributed by atoms with E-state index in [1.807, 2.05) is 37.3 Å². The second-order valence-corrected chi connectivity index (χ2v) is 6.33. The molecule has 0 bridgehead atoms. The van der Waals surface area contributed by atoms with Crippen LogP contribution in [0.25, 0.3) is 0 Å². The van der Waals surface area contributed by atoms with Crippen LogP contribution in [0.1, 0.15) is 37.3 Å². The minimum Gasteiger partial charge on any atom is -0.393 e. The first-order chi connectivity index (χ1) is 11.0. The highest BCUT2D eigenvalue weighted by Crippen LogP contribution is 2.20. The molecule has 2 nitrogen and oxygen atoms in total. The number of rotatable bonds is 8. The average Bonchev–Trinajstić information content (AvgIpc) is 2.54. The third-order valence-electron chi connectivity index (χ3n) is 4.06. The lowest BCUT2D eigenvalue weighted by Gasteiger charge is -2.22. The summed E-state index contributed by atoms with van der Waals surface area (Å²) in [6, 6.07) is 17.3. The molecule has 2 N–H and O–H groups in total. The Morgan fingerprint density at radius 3 is 2.26 bits per heavy atom. The summed E-state index contributed by atoms with van der Waals surface area (Å²) in [7, 11) is 0. The van der Waals surface area contributed by atoms with E-state index in [0.717, 1.165) is 24.9 Å². The molecular formula is C20H26FNO. The van der Waals surface area contributed by atoms with Crippen molar-refractivity contribution in [2.75, 3.05) is 6.54 Å². The molecule has 0 amide bonds. The maximum atomic E-state index is 12.9. The smallest absolute Gasteiger partial charge is 0.123 e. The predicted molar refractivity (Wildman–Crippen MR) is 93.0 cm³/mol. The van der Waals surface area contributed by atoms with Crippen molar-refractivity contribution in [2.45, 2.75) is 44.8 Å². The summed E-state index contributed by atoms with van der Waals surface area (Å²) in [5.41, 5.74) is 2.37. The summed E-state index contributed by atoms with van der Waals surface area (Å²) in [4.78, 5) is 0. The molecule has 0 saturated carbocycles. The number of hydrogen-bond acceptors (Lipinski definition) is 2. The largest absolute Gasteiger partial charge is 0.393 e. The fraction of sp³-hybridized carbons (Fsp3) is 0.400. The van der Waals surface area contributed by atoms with Crippen LogP contribution in [0.5, 0.6) is 0 Å². The molecule has 0 fully saturated rings. The van der Waals surface area contributed by atoms with Crippen LogP contribution in [-0.2, 0) is 6.42 Å². The van der Waals surface area contributed by atoms with Crippen molar-refractivity contribution in [3.05, 3.63) is 71.5 Å². The molecule has 23 heavy (non-hydrogen) atoms. The van der Waals surface area contributed by atoms with Crippen LogP contribution < -0.4 is 5.32 Å².